The van der Waals surface area contributed by atoms with E-state index >= 15 is 0 Å². The van der Waals surface area contributed by atoms with Gasteiger partial charge in [-0.3, -0.25) is 4.79 Å². The summed E-state index contributed by atoms with van der Waals surface area (Å²) >= 11 is 1.51. The van der Waals surface area contributed by atoms with Crippen molar-refractivity contribution in [1.82, 2.24) is 4.98 Å². The molecule has 0 radical (unpaired) electrons. The summed E-state index contributed by atoms with van der Waals surface area (Å²) < 4.78 is 30.5. The fraction of sp³-hybridized carbons (Fsp3) is 0.250. The zero-order valence-electron chi connectivity index (χ0n) is 17.9. The summed E-state index contributed by atoms with van der Waals surface area (Å²) in [4.78, 5) is 27.6. The minimum Gasteiger partial charge on any atom is -0.424 e. The molecule has 2 N–H and O–H groups in total. The van der Waals surface area contributed by atoms with Crippen LogP contribution in [-0.2, 0) is 9.36 Å². The van der Waals surface area contributed by atoms with Gasteiger partial charge in [0.05, 0.1) is 22.7 Å². The Hall–Kier alpha value is -2.95. The molecule has 2 heterocycles. The van der Waals surface area contributed by atoms with Gasteiger partial charge < -0.3 is 9.84 Å². The summed E-state index contributed by atoms with van der Waals surface area (Å²) in [5.41, 5.74) is 0.929. The van der Waals surface area contributed by atoms with Gasteiger partial charge in [-0.2, -0.15) is 4.89 Å². The minimum atomic E-state index is -2.87. The van der Waals surface area contributed by atoms with Gasteiger partial charge in [0.1, 0.15) is 11.9 Å². The number of nitrogens with zero attached hydrogens (tertiary/aromatic N) is 1. The molecule has 33 heavy (non-hydrogen) atoms. The van der Waals surface area contributed by atoms with Crippen LogP contribution in [0.3, 0.4) is 0 Å². The summed E-state index contributed by atoms with van der Waals surface area (Å²) in [7, 11) is -2.87. The number of pyridine rings is 1. The van der Waals surface area contributed by atoms with E-state index < -0.39 is 38.0 Å². The third kappa shape index (κ3) is 5.89. The van der Waals surface area contributed by atoms with E-state index in [1.54, 1.807) is 18.2 Å². The highest BCUT2D eigenvalue weighted by Gasteiger charge is 2.37. The average molecular weight is 486 g/mol. The molecule has 3 rings (SSSR count). The quantitative estimate of drug-likeness (QED) is 0.260. The summed E-state index contributed by atoms with van der Waals surface area (Å²) in [6, 6.07) is 11.3. The van der Waals surface area contributed by atoms with E-state index in [-0.39, 0.29) is 11.7 Å². The molecule has 3 unspecified atom stereocenters. The number of carbonyl (C=O) groups excluding carboxylic acids is 1. The monoisotopic (exact) mass is 486 g/mol. The average Bonchev–Trinajstić information content (AvgIpc) is 3.29. The fourth-order valence-electron chi connectivity index (χ4n) is 3.21. The number of hydrogen-bond acceptors (Lipinski definition) is 6. The predicted octanol–water partition coefficient (Wildman–Crippen LogP) is 5.13. The highest BCUT2D eigenvalue weighted by molar-refractivity contribution is 7.39. The first-order chi connectivity index (χ1) is 15.7. The Labute approximate surface area is 196 Å². The standard InChI is InChI=1S/C24H21FNO5PS/c1-4-20(32(29)30)19(27)13-22(28)31-24-17(15-7-9-16(25)10-8-15)12-18(21-6-5-11-33-21)26-23(24)14(2)3/h1,5-12,14,19-20,27H,13H2,2-3H3/p+1. The Morgan fingerprint density at radius 2 is 2.00 bits per heavy atom. The number of aliphatic hydroxyl groups excluding tert-OH is 1. The second kappa shape index (κ2) is 10.8. The van der Waals surface area contributed by atoms with E-state index in [1.807, 2.05) is 37.3 Å². The molecule has 1 aromatic carbocycles. The highest BCUT2D eigenvalue weighted by Crippen LogP contribution is 2.40. The lowest BCUT2D eigenvalue weighted by Gasteiger charge is -2.19. The Balaban J connectivity index is 2.07. The Bertz CT molecular complexity index is 1190. The van der Waals surface area contributed by atoms with Crippen LogP contribution in [0.5, 0.6) is 5.75 Å². The third-order valence-corrected chi connectivity index (χ3v) is 6.70. The molecule has 3 aromatic rings. The first kappa shape index (κ1) is 24.7. The first-order valence-corrected chi connectivity index (χ1v) is 12.2. The number of rotatable bonds is 8. The lowest BCUT2D eigenvalue weighted by molar-refractivity contribution is -0.136. The Morgan fingerprint density at radius 1 is 1.30 bits per heavy atom. The second-order valence-corrected chi connectivity index (χ2v) is 9.68. The number of esters is 1. The van der Waals surface area contributed by atoms with Gasteiger partial charge in [-0.25, -0.2) is 9.37 Å². The first-order valence-electron chi connectivity index (χ1n) is 10.1. The van der Waals surface area contributed by atoms with E-state index in [9.17, 15) is 23.7 Å². The van der Waals surface area contributed by atoms with Gasteiger partial charge in [-0.1, -0.05) is 32.0 Å². The number of benzene rings is 1. The van der Waals surface area contributed by atoms with Crippen LogP contribution >= 0.6 is 19.4 Å². The van der Waals surface area contributed by atoms with E-state index in [4.69, 9.17) is 16.1 Å². The van der Waals surface area contributed by atoms with Gasteiger partial charge in [0.25, 0.3) is 5.66 Å². The van der Waals surface area contributed by atoms with Crippen molar-refractivity contribution in [3.8, 4) is 39.8 Å². The number of hydrogen-bond donors (Lipinski definition) is 2. The van der Waals surface area contributed by atoms with Gasteiger partial charge in [0, 0.05) is 5.56 Å². The molecule has 0 aliphatic rings. The number of halogens is 1. The lowest BCUT2D eigenvalue weighted by atomic mass is 9.98. The predicted molar refractivity (Wildman–Crippen MR) is 126 cm³/mol. The van der Waals surface area contributed by atoms with Crippen molar-refractivity contribution in [3.05, 3.63) is 59.4 Å². The summed E-state index contributed by atoms with van der Waals surface area (Å²) in [5.74, 6) is 0.827. The fourth-order valence-corrected chi connectivity index (χ4v) is 4.42. The van der Waals surface area contributed by atoms with Gasteiger partial charge in [0.15, 0.2) is 5.75 Å². The van der Waals surface area contributed by atoms with Crippen LogP contribution in [0.4, 0.5) is 4.39 Å². The molecule has 0 saturated heterocycles. The maximum Gasteiger partial charge on any atom is 0.524 e. The molecule has 0 saturated carbocycles. The number of thiophene rings is 1. The van der Waals surface area contributed by atoms with Crippen molar-refractivity contribution in [2.45, 2.75) is 37.9 Å². The van der Waals surface area contributed by atoms with Crippen molar-refractivity contribution in [1.29, 1.82) is 0 Å². The maximum absolute atomic E-state index is 13.6. The van der Waals surface area contributed by atoms with Gasteiger partial charge >= 0.3 is 14.0 Å². The van der Waals surface area contributed by atoms with Crippen molar-refractivity contribution in [2.24, 2.45) is 0 Å². The molecule has 0 fully saturated rings. The van der Waals surface area contributed by atoms with Crippen LogP contribution in [0.25, 0.3) is 21.7 Å². The molecule has 0 aliphatic heterocycles. The molecule has 0 amide bonds. The van der Waals surface area contributed by atoms with Gasteiger partial charge in [-0.05, 0) is 51.6 Å². The Morgan fingerprint density at radius 3 is 2.55 bits per heavy atom. The second-order valence-electron chi connectivity index (χ2n) is 7.57. The van der Waals surface area contributed by atoms with Crippen LogP contribution in [0.2, 0.25) is 0 Å². The van der Waals surface area contributed by atoms with Crippen molar-refractivity contribution in [3.63, 3.8) is 0 Å². The molecular weight excluding hydrogens is 464 g/mol. The smallest absolute Gasteiger partial charge is 0.424 e. The van der Waals surface area contributed by atoms with Crippen LogP contribution in [0, 0.1) is 18.2 Å². The molecular formula is C24H22FNO5PS+. The SMILES string of the molecule is C#CC(C(O)CC(=O)Oc1c(-c2ccc(F)cc2)cc(-c2cccs2)nc1C(C)C)[P+](=O)O. The minimum absolute atomic E-state index is 0.137. The van der Waals surface area contributed by atoms with Crippen molar-refractivity contribution < 1.29 is 28.5 Å². The van der Waals surface area contributed by atoms with Crippen molar-refractivity contribution >= 4 is 25.3 Å². The van der Waals surface area contributed by atoms with E-state index in [0.29, 0.717) is 22.5 Å². The van der Waals surface area contributed by atoms with Gasteiger partial charge in [-0.15, -0.1) is 17.8 Å². The number of carbonyl (C=O) groups is 1. The normalized spacial score (nSPS) is 13.3. The molecule has 2 aromatic heterocycles. The lowest BCUT2D eigenvalue weighted by Crippen LogP contribution is -2.27. The Kier molecular flexibility index (Phi) is 8.06. The summed E-state index contributed by atoms with van der Waals surface area (Å²) in [5, 5.41) is 12.1. The topological polar surface area (TPSA) is 96.7 Å². The molecule has 6 nitrogen and oxygen atoms in total. The molecule has 9 heteroatoms. The molecule has 170 valence electrons. The molecule has 0 bridgehead atoms. The number of aliphatic hydroxyl groups is 1. The van der Waals surface area contributed by atoms with Crippen LogP contribution in [0.15, 0.2) is 47.8 Å². The summed E-state index contributed by atoms with van der Waals surface area (Å²) in [6.45, 7) is 3.79. The van der Waals surface area contributed by atoms with Crippen molar-refractivity contribution in [2.75, 3.05) is 0 Å². The molecule has 0 aliphatic carbocycles. The number of aromatic nitrogens is 1. The van der Waals surface area contributed by atoms with Crippen LogP contribution in [0.1, 0.15) is 31.9 Å². The van der Waals surface area contributed by atoms with E-state index in [1.165, 1.54) is 23.5 Å². The van der Waals surface area contributed by atoms with Crippen LogP contribution < -0.4 is 4.74 Å². The zero-order valence-corrected chi connectivity index (χ0v) is 19.6. The third-order valence-electron chi connectivity index (χ3n) is 4.84. The van der Waals surface area contributed by atoms with Crippen LogP contribution in [-0.4, -0.2) is 32.7 Å². The summed E-state index contributed by atoms with van der Waals surface area (Å²) in [6.07, 6.45) is 3.07. The van der Waals surface area contributed by atoms with E-state index in [2.05, 4.69) is 0 Å². The maximum atomic E-state index is 13.6. The molecule has 0 spiro atoms. The largest absolute Gasteiger partial charge is 0.524 e. The number of ether oxygens (including phenoxy) is 1. The van der Waals surface area contributed by atoms with E-state index in [0.717, 1.165) is 4.88 Å². The highest BCUT2D eigenvalue weighted by atomic mass is 32.1. The zero-order chi connectivity index (χ0) is 24.1. The molecule has 3 atom stereocenters. The van der Waals surface area contributed by atoms with Gasteiger partial charge in [0.2, 0.25) is 0 Å². The number of terminal acetylenes is 1.